The maximum absolute atomic E-state index is 12.2. The van der Waals surface area contributed by atoms with E-state index in [1.807, 2.05) is 36.2 Å². The molecule has 2 aromatic rings. The van der Waals surface area contributed by atoms with Crippen molar-refractivity contribution in [2.24, 2.45) is 0 Å². The van der Waals surface area contributed by atoms with Gasteiger partial charge in [-0.2, -0.15) is 11.8 Å². The monoisotopic (exact) mass is 302 g/mol. The minimum absolute atomic E-state index is 0.125. The van der Waals surface area contributed by atoms with Gasteiger partial charge in [-0.1, -0.05) is 31.0 Å². The zero-order valence-electron chi connectivity index (χ0n) is 12.4. The van der Waals surface area contributed by atoms with Crippen LogP contribution in [-0.4, -0.2) is 28.4 Å². The van der Waals surface area contributed by atoms with E-state index in [4.69, 9.17) is 0 Å². The summed E-state index contributed by atoms with van der Waals surface area (Å²) >= 11 is 1.91. The van der Waals surface area contributed by atoms with Crippen LogP contribution in [0.5, 0.6) is 0 Å². The first-order valence-electron chi connectivity index (χ1n) is 7.59. The summed E-state index contributed by atoms with van der Waals surface area (Å²) < 4.78 is 0.274. The van der Waals surface area contributed by atoms with E-state index in [-0.39, 0.29) is 10.7 Å². The molecule has 0 radical (unpaired) electrons. The summed E-state index contributed by atoms with van der Waals surface area (Å²) in [6.45, 7) is 0.801. The van der Waals surface area contributed by atoms with Gasteiger partial charge < -0.3 is 10.3 Å². The lowest BCUT2D eigenvalue weighted by Gasteiger charge is -2.26. The molecule has 1 heterocycles. The predicted molar refractivity (Wildman–Crippen MR) is 89.7 cm³/mol. The van der Waals surface area contributed by atoms with Crippen molar-refractivity contribution >= 4 is 28.6 Å². The van der Waals surface area contributed by atoms with Crippen molar-refractivity contribution in [1.29, 1.82) is 0 Å². The lowest BCUT2D eigenvalue weighted by Crippen LogP contribution is -2.39. The first kappa shape index (κ1) is 14.5. The van der Waals surface area contributed by atoms with Gasteiger partial charge in [-0.25, -0.2) is 0 Å². The number of amides is 1. The summed E-state index contributed by atoms with van der Waals surface area (Å²) in [7, 11) is 0. The molecule has 1 fully saturated rings. The quantitative estimate of drug-likeness (QED) is 0.888. The third-order valence-corrected chi connectivity index (χ3v) is 6.00. The first-order valence-corrected chi connectivity index (χ1v) is 8.82. The molecular formula is C17H22N2OS. The highest BCUT2D eigenvalue weighted by molar-refractivity contribution is 8.00. The molecule has 112 valence electrons. The number of fused-ring (bicyclic) bond motifs is 1. The fourth-order valence-electron chi connectivity index (χ4n) is 3.25. The van der Waals surface area contributed by atoms with Crippen molar-refractivity contribution in [3.05, 3.63) is 36.0 Å². The molecule has 4 heteroatoms. The molecule has 0 spiro atoms. The van der Waals surface area contributed by atoms with Crippen LogP contribution in [0, 0.1) is 0 Å². The van der Waals surface area contributed by atoms with Crippen molar-refractivity contribution in [2.75, 3.05) is 12.8 Å². The van der Waals surface area contributed by atoms with Crippen LogP contribution in [0.3, 0.4) is 0 Å². The average molecular weight is 302 g/mol. The molecule has 2 N–H and O–H groups in total. The Morgan fingerprint density at radius 2 is 2.10 bits per heavy atom. The highest BCUT2D eigenvalue weighted by Gasteiger charge is 2.33. The van der Waals surface area contributed by atoms with Gasteiger partial charge >= 0.3 is 0 Å². The van der Waals surface area contributed by atoms with Gasteiger partial charge in [0.05, 0.1) is 6.42 Å². The molecule has 0 saturated heterocycles. The van der Waals surface area contributed by atoms with Crippen LogP contribution in [-0.2, 0) is 11.2 Å². The average Bonchev–Trinajstić information content (AvgIpc) is 3.14. The zero-order chi connectivity index (χ0) is 14.7. The van der Waals surface area contributed by atoms with E-state index in [1.54, 1.807) is 0 Å². The second kappa shape index (κ2) is 6.14. The third kappa shape index (κ3) is 3.10. The number of carbonyl (C=O) groups excluding carboxylic acids is 1. The molecule has 1 aromatic carbocycles. The number of aromatic nitrogens is 1. The zero-order valence-corrected chi connectivity index (χ0v) is 13.3. The number of H-pyrrole nitrogens is 1. The molecular weight excluding hydrogens is 280 g/mol. The van der Waals surface area contributed by atoms with Crippen LogP contribution >= 0.6 is 11.8 Å². The predicted octanol–water partition coefficient (Wildman–Crippen LogP) is 3.50. The normalized spacial score (nSPS) is 17.2. The molecule has 1 aliphatic rings. The molecule has 0 aliphatic heterocycles. The van der Waals surface area contributed by atoms with Crippen molar-refractivity contribution in [1.82, 2.24) is 10.3 Å². The Morgan fingerprint density at radius 3 is 2.86 bits per heavy atom. The number of nitrogens with one attached hydrogen (secondary N) is 2. The van der Waals surface area contributed by atoms with Crippen LogP contribution in [0.15, 0.2) is 30.5 Å². The first-order chi connectivity index (χ1) is 10.2. The van der Waals surface area contributed by atoms with Crippen molar-refractivity contribution in [3.8, 4) is 0 Å². The van der Waals surface area contributed by atoms with E-state index in [1.165, 1.54) is 25.7 Å². The number of rotatable bonds is 5. The minimum atomic E-state index is 0.125. The second-order valence-corrected chi connectivity index (χ2v) is 7.18. The summed E-state index contributed by atoms with van der Waals surface area (Å²) in [5, 5.41) is 4.29. The standard InChI is InChI=1S/C17H22N2OS/c1-21-17(8-4-5-9-17)12-19-16(20)10-13-11-18-15-7-3-2-6-14(13)15/h2-3,6-7,11,18H,4-5,8-10,12H2,1H3,(H,19,20). The summed E-state index contributed by atoms with van der Waals surface area (Å²) in [5.41, 5.74) is 2.17. The van der Waals surface area contributed by atoms with E-state index in [2.05, 4.69) is 22.6 Å². The topological polar surface area (TPSA) is 44.9 Å². The Bertz CT molecular complexity index is 629. The number of aromatic amines is 1. The fourth-order valence-corrected chi connectivity index (χ4v) is 4.16. The summed E-state index contributed by atoms with van der Waals surface area (Å²) in [6.07, 6.45) is 9.59. The van der Waals surface area contributed by atoms with E-state index in [0.29, 0.717) is 6.42 Å². The van der Waals surface area contributed by atoms with Gasteiger partial charge in [-0.15, -0.1) is 0 Å². The van der Waals surface area contributed by atoms with Gasteiger partial charge in [0.2, 0.25) is 5.91 Å². The van der Waals surface area contributed by atoms with Crippen molar-refractivity contribution < 1.29 is 4.79 Å². The number of carbonyl (C=O) groups is 1. The summed E-state index contributed by atoms with van der Waals surface area (Å²) in [6, 6.07) is 8.12. The number of para-hydroxylation sites is 1. The number of hydrogen-bond acceptors (Lipinski definition) is 2. The molecule has 21 heavy (non-hydrogen) atoms. The van der Waals surface area contributed by atoms with E-state index >= 15 is 0 Å². The van der Waals surface area contributed by atoms with Crippen molar-refractivity contribution in [2.45, 2.75) is 36.9 Å². The third-order valence-electron chi connectivity index (χ3n) is 4.58. The molecule has 1 saturated carbocycles. The summed E-state index contributed by atoms with van der Waals surface area (Å²) in [4.78, 5) is 15.5. The molecule has 0 bridgehead atoms. The van der Waals surface area contributed by atoms with Gasteiger partial charge in [0.15, 0.2) is 0 Å². The molecule has 0 atom stereocenters. The molecule has 0 unspecified atom stereocenters. The molecule has 1 aliphatic carbocycles. The van der Waals surface area contributed by atoms with Gasteiger partial charge in [0.1, 0.15) is 0 Å². The maximum atomic E-state index is 12.2. The molecule has 1 amide bonds. The summed E-state index contributed by atoms with van der Waals surface area (Å²) in [5.74, 6) is 0.125. The SMILES string of the molecule is CSC1(CNC(=O)Cc2c[nH]c3ccccc23)CCCC1. The number of thioether (sulfide) groups is 1. The van der Waals surface area contributed by atoms with Gasteiger partial charge in [-0.05, 0) is 30.7 Å². The fraction of sp³-hybridized carbons (Fsp3) is 0.471. The Morgan fingerprint density at radius 1 is 1.33 bits per heavy atom. The van der Waals surface area contributed by atoms with E-state index in [9.17, 15) is 4.79 Å². The Balaban J connectivity index is 1.61. The van der Waals surface area contributed by atoms with Crippen LogP contribution in [0.25, 0.3) is 10.9 Å². The van der Waals surface area contributed by atoms with Gasteiger partial charge in [-0.3, -0.25) is 4.79 Å². The number of benzene rings is 1. The smallest absolute Gasteiger partial charge is 0.224 e. The molecule has 3 rings (SSSR count). The number of hydrogen-bond donors (Lipinski definition) is 2. The molecule has 1 aromatic heterocycles. The van der Waals surface area contributed by atoms with E-state index in [0.717, 1.165) is 23.0 Å². The Hall–Kier alpha value is -1.42. The molecule has 3 nitrogen and oxygen atoms in total. The maximum Gasteiger partial charge on any atom is 0.224 e. The minimum Gasteiger partial charge on any atom is -0.361 e. The van der Waals surface area contributed by atoms with Crippen molar-refractivity contribution in [3.63, 3.8) is 0 Å². The van der Waals surface area contributed by atoms with Crippen LogP contribution < -0.4 is 5.32 Å². The highest BCUT2D eigenvalue weighted by atomic mass is 32.2. The Labute approximate surface area is 129 Å². The van der Waals surface area contributed by atoms with Crippen LogP contribution in [0.2, 0.25) is 0 Å². The second-order valence-electron chi connectivity index (χ2n) is 5.91. The van der Waals surface area contributed by atoms with Gasteiger partial charge in [0.25, 0.3) is 0 Å². The lowest BCUT2D eigenvalue weighted by molar-refractivity contribution is -0.120. The Kier molecular flexibility index (Phi) is 4.24. The highest BCUT2D eigenvalue weighted by Crippen LogP contribution is 2.39. The van der Waals surface area contributed by atoms with E-state index < -0.39 is 0 Å². The lowest BCUT2D eigenvalue weighted by atomic mass is 10.1. The van der Waals surface area contributed by atoms with Crippen LogP contribution in [0.1, 0.15) is 31.2 Å². The largest absolute Gasteiger partial charge is 0.361 e. The van der Waals surface area contributed by atoms with Crippen LogP contribution in [0.4, 0.5) is 0 Å². The van der Waals surface area contributed by atoms with Gasteiger partial charge in [0, 0.05) is 28.4 Å².